The largest absolute Gasteiger partial charge is 0.294 e. The van der Waals surface area contributed by atoms with Gasteiger partial charge in [0.15, 0.2) is 5.78 Å². The molecule has 3 heteroatoms. The fraction of sp³-hybridized carbons (Fsp3) is 0.235. The highest BCUT2D eigenvalue weighted by Gasteiger charge is 2.30. The van der Waals surface area contributed by atoms with Crippen LogP contribution in [0.4, 0.5) is 0 Å². The SMILES string of the molecule is O=C(c1ccc(SCc2ccc(Cl)cc2)cc1)C1CC1. The summed E-state index contributed by atoms with van der Waals surface area (Å²) in [5.74, 6) is 1.51. The lowest BCUT2D eigenvalue weighted by atomic mass is 10.1. The molecule has 1 nitrogen and oxygen atoms in total. The minimum absolute atomic E-state index is 0.294. The zero-order valence-electron chi connectivity index (χ0n) is 11.0. The van der Waals surface area contributed by atoms with Crippen LogP contribution in [0.3, 0.4) is 0 Å². The van der Waals surface area contributed by atoms with Gasteiger partial charge < -0.3 is 0 Å². The second kappa shape index (κ2) is 6.02. The Hall–Kier alpha value is -1.25. The number of halogens is 1. The number of thioether (sulfide) groups is 1. The Morgan fingerprint density at radius 2 is 1.70 bits per heavy atom. The standard InChI is InChI=1S/C17H15ClOS/c18-15-7-1-12(2-8-15)11-20-16-9-5-14(6-10-16)17(19)13-3-4-13/h1-2,5-10,13H,3-4,11H2. The first-order valence-corrected chi connectivity index (χ1v) is 8.10. The van der Waals surface area contributed by atoms with Crippen LogP contribution >= 0.6 is 23.4 Å². The van der Waals surface area contributed by atoms with Crippen molar-refractivity contribution in [3.05, 3.63) is 64.7 Å². The maximum absolute atomic E-state index is 11.9. The molecule has 0 aliphatic heterocycles. The molecule has 1 saturated carbocycles. The van der Waals surface area contributed by atoms with Crippen molar-refractivity contribution in [2.75, 3.05) is 0 Å². The monoisotopic (exact) mass is 302 g/mol. The van der Waals surface area contributed by atoms with Gasteiger partial charge in [0.2, 0.25) is 0 Å². The fourth-order valence-corrected chi connectivity index (χ4v) is 3.02. The van der Waals surface area contributed by atoms with E-state index in [0.29, 0.717) is 11.7 Å². The second-order valence-corrected chi connectivity index (χ2v) is 6.56. The van der Waals surface area contributed by atoms with E-state index in [1.54, 1.807) is 11.8 Å². The molecular weight excluding hydrogens is 288 g/mol. The van der Waals surface area contributed by atoms with Gasteiger partial charge in [-0.2, -0.15) is 0 Å². The number of hydrogen-bond acceptors (Lipinski definition) is 2. The van der Waals surface area contributed by atoms with Gasteiger partial charge in [-0.3, -0.25) is 4.79 Å². The van der Waals surface area contributed by atoms with Crippen molar-refractivity contribution >= 4 is 29.1 Å². The van der Waals surface area contributed by atoms with E-state index in [1.165, 1.54) is 10.5 Å². The van der Waals surface area contributed by atoms with Crippen molar-refractivity contribution in [3.63, 3.8) is 0 Å². The first-order chi connectivity index (χ1) is 9.72. The highest BCUT2D eigenvalue weighted by molar-refractivity contribution is 7.98. The Morgan fingerprint density at radius 1 is 1.05 bits per heavy atom. The second-order valence-electron chi connectivity index (χ2n) is 5.08. The molecular formula is C17H15ClOS. The van der Waals surface area contributed by atoms with Crippen molar-refractivity contribution in [3.8, 4) is 0 Å². The summed E-state index contributed by atoms with van der Waals surface area (Å²) in [6, 6.07) is 15.9. The van der Waals surface area contributed by atoms with Gasteiger partial charge in [-0.1, -0.05) is 35.9 Å². The van der Waals surface area contributed by atoms with Gasteiger partial charge in [-0.05, 0) is 42.7 Å². The average molecular weight is 303 g/mol. The van der Waals surface area contributed by atoms with Crippen LogP contribution in [0.25, 0.3) is 0 Å². The summed E-state index contributed by atoms with van der Waals surface area (Å²) in [5.41, 5.74) is 2.10. The van der Waals surface area contributed by atoms with Crippen molar-refractivity contribution < 1.29 is 4.79 Å². The molecule has 102 valence electrons. The number of carbonyl (C=O) groups excluding carboxylic acids is 1. The van der Waals surface area contributed by atoms with E-state index in [4.69, 9.17) is 11.6 Å². The van der Waals surface area contributed by atoms with E-state index in [1.807, 2.05) is 48.5 Å². The Labute approximate surface area is 128 Å². The summed E-state index contributed by atoms with van der Waals surface area (Å²) in [6.07, 6.45) is 2.12. The number of hydrogen-bond donors (Lipinski definition) is 0. The van der Waals surface area contributed by atoms with E-state index in [0.717, 1.165) is 29.2 Å². The summed E-state index contributed by atoms with van der Waals surface area (Å²) in [5, 5.41) is 0.765. The third-order valence-electron chi connectivity index (χ3n) is 3.41. The van der Waals surface area contributed by atoms with Crippen LogP contribution < -0.4 is 0 Å². The third kappa shape index (κ3) is 3.44. The van der Waals surface area contributed by atoms with Gasteiger partial charge in [0.05, 0.1) is 0 Å². The van der Waals surface area contributed by atoms with Crippen LogP contribution in [0.15, 0.2) is 53.4 Å². The highest BCUT2D eigenvalue weighted by Crippen LogP contribution is 2.33. The van der Waals surface area contributed by atoms with Gasteiger partial charge in [0.25, 0.3) is 0 Å². The van der Waals surface area contributed by atoms with Crippen LogP contribution in [0.1, 0.15) is 28.8 Å². The van der Waals surface area contributed by atoms with Gasteiger partial charge >= 0.3 is 0 Å². The molecule has 0 amide bonds. The number of rotatable bonds is 5. The molecule has 2 aromatic carbocycles. The first kappa shape index (κ1) is 13.7. The van der Waals surface area contributed by atoms with E-state index in [-0.39, 0.29) is 0 Å². The zero-order chi connectivity index (χ0) is 13.9. The summed E-state index contributed by atoms with van der Waals surface area (Å²) in [6.45, 7) is 0. The van der Waals surface area contributed by atoms with Crippen LogP contribution in [-0.4, -0.2) is 5.78 Å². The van der Waals surface area contributed by atoms with Gasteiger partial charge in [0, 0.05) is 27.2 Å². The predicted molar refractivity (Wildman–Crippen MR) is 84.5 cm³/mol. The number of Topliss-reactive ketones (excluding diaryl/α,β-unsaturated/α-hetero) is 1. The fourth-order valence-electron chi connectivity index (χ4n) is 2.04. The normalized spacial score (nSPS) is 14.2. The molecule has 2 aromatic rings. The van der Waals surface area contributed by atoms with Crippen LogP contribution in [0, 0.1) is 5.92 Å². The number of carbonyl (C=O) groups is 1. The van der Waals surface area contributed by atoms with E-state index >= 15 is 0 Å². The predicted octanol–water partition coefficient (Wildman–Crippen LogP) is 5.23. The van der Waals surface area contributed by atoms with Crippen LogP contribution in [0.5, 0.6) is 0 Å². The van der Waals surface area contributed by atoms with E-state index in [9.17, 15) is 4.79 Å². The van der Waals surface area contributed by atoms with Crippen molar-refractivity contribution in [2.45, 2.75) is 23.5 Å². The molecule has 1 fully saturated rings. The van der Waals surface area contributed by atoms with E-state index < -0.39 is 0 Å². The van der Waals surface area contributed by atoms with Crippen LogP contribution in [-0.2, 0) is 5.75 Å². The Kier molecular flexibility index (Phi) is 4.13. The van der Waals surface area contributed by atoms with Crippen molar-refractivity contribution in [1.82, 2.24) is 0 Å². The lowest BCUT2D eigenvalue weighted by molar-refractivity contribution is 0.0967. The van der Waals surface area contributed by atoms with Gasteiger partial charge in [-0.15, -0.1) is 11.8 Å². The average Bonchev–Trinajstić information content (AvgIpc) is 3.31. The molecule has 0 saturated heterocycles. The first-order valence-electron chi connectivity index (χ1n) is 6.74. The van der Waals surface area contributed by atoms with Crippen molar-refractivity contribution in [2.24, 2.45) is 5.92 Å². The summed E-state index contributed by atoms with van der Waals surface area (Å²) in [4.78, 5) is 13.1. The third-order valence-corrected chi connectivity index (χ3v) is 4.74. The zero-order valence-corrected chi connectivity index (χ0v) is 12.6. The minimum atomic E-state index is 0.294. The minimum Gasteiger partial charge on any atom is -0.294 e. The molecule has 0 aromatic heterocycles. The molecule has 20 heavy (non-hydrogen) atoms. The molecule has 1 aliphatic rings. The lowest BCUT2D eigenvalue weighted by Gasteiger charge is -2.04. The molecule has 0 heterocycles. The molecule has 0 spiro atoms. The molecule has 1 aliphatic carbocycles. The molecule has 0 N–H and O–H groups in total. The molecule has 3 rings (SSSR count). The van der Waals surface area contributed by atoms with Gasteiger partial charge in [0.1, 0.15) is 0 Å². The van der Waals surface area contributed by atoms with Crippen LogP contribution in [0.2, 0.25) is 5.02 Å². The maximum Gasteiger partial charge on any atom is 0.165 e. The summed E-state index contributed by atoms with van der Waals surface area (Å²) < 4.78 is 0. The quantitative estimate of drug-likeness (QED) is 0.556. The molecule has 0 unspecified atom stereocenters. The van der Waals surface area contributed by atoms with Crippen molar-refractivity contribution in [1.29, 1.82) is 0 Å². The highest BCUT2D eigenvalue weighted by atomic mass is 35.5. The smallest absolute Gasteiger partial charge is 0.165 e. The number of benzene rings is 2. The van der Waals surface area contributed by atoms with E-state index in [2.05, 4.69) is 0 Å². The topological polar surface area (TPSA) is 17.1 Å². The Morgan fingerprint density at radius 3 is 2.30 bits per heavy atom. The Bertz CT molecular complexity index is 600. The molecule has 0 atom stereocenters. The Balaban J connectivity index is 1.60. The lowest BCUT2D eigenvalue weighted by Crippen LogP contribution is -2.00. The van der Waals surface area contributed by atoms with Gasteiger partial charge in [-0.25, -0.2) is 0 Å². The molecule has 0 radical (unpaired) electrons. The number of ketones is 1. The maximum atomic E-state index is 11.9. The molecule has 0 bridgehead atoms. The summed E-state index contributed by atoms with van der Waals surface area (Å²) in [7, 11) is 0. The summed E-state index contributed by atoms with van der Waals surface area (Å²) >= 11 is 7.64.